The number of benzene rings is 1. The van der Waals surface area contributed by atoms with E-state index in [4.69, 9.17) is 0 Å². The third kappa shape index (κ3) is 4.64. The first-order valence-electron chi connectivity index (χ1n) is 7.09. The number of hydrogen-bond donors (Lipinski definition) is 2. The summed E-state index contributed by atoms with van der Waals surface area (Å²) < 4.78 is 24.4. The number of aliphatic hydroxyl groups is 1. The Hall–Kier alpha value is -1.21. The van der Waals surface area contributed by atoms with Gasteiger partial charge in [-0.25, -0.2) is 8.42 Å². The van der Waals surface area contributed by atoms with Crippen molar-refractivity contribution in [2.45, 2.75) is 30.7 Å². The van der Waals surface area contributed by atoms with E-state index in [0.717, 1.165) is 5.56 Å². The predicted molar refractivity (Wildman–Crippen MR) is 90.0 cm³/mol. The topological polar surface area (TPSA) is 66.4 Å². The zero-order chi connectivity index (χ0) is 16.2. The van der Waals surface area contributed by atoms with Gasteiger partial charge in [0.15, 0.2) is 9.84 Å². The second-order valence-electron chi connectivity index (χ2n) is 5.43. The van der Waals surface area contributed by atoms with Gasteiger partial charge in [0.2, 0.25) is 0 Å². The molecule has 0 radical (unpaired) electrons. The van der Waals surface area contributed by atoms with Crippen molar-refractivity contribution in [3.8, 4) is 0 Å². The molecule has 0 aliphatic rings. The van der Waals surface area contributed by atoms with Gasteiger partial charge >= 0.3 is 0 Å². The van der Waals surface area contributed by atoms with Crippen LogP contribution in [0.4, 0.5) is 0 Å². The Bertz CT molecular complexity index is 709. The van der Waals surface area contributed by atoms with Gasteiger partial charge in [-0.1, -0.05) is 29.8 Å². The second kappa shape index (κ2) is 7.37. The highest BCUT2D eigenvalue weighted by Gasteiger charge is 2.20. The van der Waals surface area contributed by atoms with Gasteiger partial charge in [0.05, 0.1) is 11.9 Å². The van der Waals surface area contributed by atoms with Gasteiger partial charge in [0, 0.05) is 13.1 Å². The maximum absolute atomic E-state index is 12.1. The summed E-state index contributed by atoms with van der Waals surface area (Å²) in [5, 5.41) is 14.8. The van der Waals surface area contributed by atoms with E-state index in [0.29, 0.717) is 10.8 Å². The van der Waals surface area contributed by atoms with E-state index in [9.17, 15) is 13.5 Å². The Balaban J connectivity index is 1.84. The molecule has 0 aliphatic carbocycles. The van der Waals surface area contributed by atoms with Crippen LogP contribution in [0.2, 0.25) is 0 Å². The number of aliphatic hydroxyl groups excluding tert-OH is 1. The third-order valence-corrected chi connectivity index (χ3v) is 6.69. The molecule has 0 aliphatic heterocycles. The van der Waals surface area contributed by atoms with Crippen molar-refractivity contribution >= 4 is 21.2 Å². The number of rotatable bonds is 7. The normalized spacial score (nSPS) is 13.2. The fourth-order valence-corrected chi connectivity index (χ4v) is 4.73. The van der Waals surface area contributed by atoms with Gasteiger partial charge in [-0.05, 0) is 36.4 Å². The Morgan fingerprint density at radius 2 is 2.05 bits per heavy atom. The molecule has 1 unspecified atom stereocenters. The van der Waals surface area contributed by atoms with Crippen molar-refractivity contribution in [3.63, 3.8) is 0 Å². The lowest BCUT2D eigenvalue weighted by molar-refractivity contribution is 0.193. The Morgan fingerprint density at radius 1 is 1.27 bits per heavy atom. The van der Waals surface area contributed by atoms with Crippen molar-refractivity contribution < 1.29 is 13.5 Å². The Morgan fingerprint density at radius 3 is 2.68 bits per heavy atom. The smallest absolute Gasteiger partial charge is 0.190 e. The SMILES string of the molecule is Cc1ccc(CNCC(O)CS(=O)(=O)c2cccs2)c(C)c1. The van der Waals surface area contributed by atoms with Crippen LogP contribution in [0.15, 0.2) is 39.9 Å². The van der Waals surface area contributed by atoms with Crippen LogP contribution in [-0.2, 0) is 16.4 Å². The average Bonchev–Trinajstić information content (AvgIpc) is 2.95. The molecule has 2 rings (SSSR count). The molecule has 0 saturated carbocycles. The van der Waals surface area contributed by atoms with Crippen molar-refractivity contribution in [1.82, 2.24) is 5.32 Å². The number of sulfone groups is 1. The minimum atomic E-state index is -3.40. The van der Waals surface area contributed by atoms with E-state index >= 15 is 0 Å². The molecule has 1 aromatic carbocycles. The van der Waals surface area contributed by atoms with E-state index in [1.54, 1.807) is 17.5 Å². The first-order chi connectivity index (χ1) is 10.4. The molecular formula is C16H21NO3S2. The highest BCUT2D eigenvalue weighted by Crippen LogP contribution is 2.18. The van der Waals surface area contributed by atoms with E-state index < -0.39 is 15.9 Å². The zero-order valence-electron chi connectivity index (χ0n) is 12.7. The minimum Gasteiger partial charge on any atom is -0.391 e. The molecule has 1 aromatic heterocycles. The van der Waals surface area contributed by atoms with Crippen LogP contribution in [-0.4, -0.2) is 31.9 Å². The molecule has 2 aromatic rings. The summed E-state index contributed by atoms with van der Waals surface area (Å²) in [5.74, 6) is -0.257. The van der Waals surface area contributed by atoms with E-state index in [1.807, 2.05) is 26.0 Å². The number of nitrogens with one attached hydrogen (secondary N) is 1. The number of aryl methyl sites for hydroxylation is 2. The fraction of sp³-hybridized carbons (Fsp3) is 0.375. The largest absolute Gasteiger partial charge is 0.391 e. The van der Waals surface area contributed by atoms with Crippen LogP contribution in [0.25, 0.3) is 0 Å². The van der Waals surface area contributed by atoms with Crippen molar-refractivity contribution in [2.75, 3.05) is 12.3 Å². The quantitative estimate of drug-likeness (QED) is 0.812. The monoisotopic (exact) mass is 339 g/mol. The summed E-state index contributed by atoms with van der Waals surface area (Å²) in [4.78, 5) is 0. The van der Waals surface area contributed by atoms with E-state index in [-0.39, 0.29) is 12.3 Å². The van der Waals surface area contributed by atoms with Crippen LogP contribution in [0.1, 0.15) is 16.7 Å². The van der Waals surface area contributed by atoms with Crippen molar-refractivity contribution in [2.24, 2.45) is 0 Å². The van der Waals surface area contributed by atoms with Crippen molar-refractivity contribution in [1.29, 1.82) is 0 Å². The molecular weight excluding hydrogens is 318 g/mol. The summed E-state index contributed by atoms with van der Waals surface area (Å²) in [6.45, 7) is 4.95. The maximum Gasteiger partial charge on any atom is 0.190 e. The van der Waals surface area contributed by atoms with Crippen LogP contribution in [0, 0.1) is 13.8 Å². The lowest BCUT2D eigenvalue weighted by Crippen LogP contribution is -2.32. The maximum atomic E-state index is 12.1. The lowest BCUT2D eigenvalue weighted by Gasteiger charge is -2.13. The lowest BCUT2D eigenvalue weighted by atomic mass is 10.1. The van der Waals surface area contributed by atoms with Crippen LogP contribution >= 0.6 is 11.3 Å². The first-order valence-corrected chi connectivity index (χ1v) is 9.63. The highest BCUT2D eigenvalue weighted by atomic mass is 32.2. The van der Waals surface area contributed by atoms with Gasteiger partial charge < -0.3 is 10.4 Å². The molecule has 120 valence electrons. The summed E-state index contributed by atoms with van der Waals surface area (Å²) in [6.07, 6.45) is -0.919. The highest BCUT2D eigenvalue weighted by molar-refractivity contribution is 7.93. The fourth-order valence-electron chi connectivity index (χ4n) is 2.25. The van der Waals surface area contributed by atoms with Gasteiger partial charge in [0.1, 0.15) is 4.21 Å². The van der Waals surface area contributed by atoms with Gasteiger partial charge in [-0.15, -0.1) is 11.3 Å². The predicted octanol–water partition coefficient (Wildman–Crippen LogP) is 2.29. The second-order valence-corrected chi connectivity index (χ2v) is 8.64. The van der Waals surface area contributed by atoms with Crippen LogP contribution < -0.4 is 5.32 Å². The molecule has 0 amide bonds. The minimum absolute atomic E-state index is 0.248. The third-order valence-electron chi connectivity index (χ3n) is 3.41. The Labute approximate surface area is 135 Å². The van der Waals surface area contributed by atoms with E-state index in [1.165, 1.54) is 22.5 Å². The van der Waals surface area contributed by atoms with Gasteiger partial charge in [-0.3, -0.25) is 0 Å². The standard InChI is InChI=1S/C16H21NO3S2/c1-12-5-6-14(13(2)8-12)9-17-10-15(18)11-22(19,20)16-4-3-7-21-16/h3-8,15,17-18H,9-11H2,1-2H3. The Kier molecular flexibility index (Phi) is 5.74. The molecule has 0 saturated heterocycles. The summed E-state index contributed by atoms with van der Waals surface area (Å²) in [7, 11) is -3.40. The number of hydrogen-bond acceptors (Lipinski definition) is 5. The van der Waals surface area contributed by atoms with Crippen LogP contribution in [0.3, 0.4) is 0 Å². The van der Waals surface area contributed by atoms with Gasteiger partial charge in [0.25, 0.3) is 0 Å². The molecule has 4 nitrogen and oxygen atoms in total. The molecule has 2 N–H and O–H groups in total. The molecule has 22 heavy (non-hydrogen) atoms. The van der Waals surface area contributed by atoms with Gasteiger partial charge in [-0.2, -0.15) is 0 Å². The molecule has 1 atom stereocenters. The summed E-state index contributed by atoms with van der Waals surface area (Å²) in [6, 6.07) is 9.46. The summed E-state index contributed by atoms with van der Waals surface area (Å²) >= 11 is 1.18. The molecule has 0 bridgehead atoms. The van der Waals surface area contributed by atoms with E-state index in [2.05, 4.69) is 11.4 Å². The molecule has 6 heteroatoms. The number of thiophene rings is 1. The molecule has 0 fully saturated rings. The summed E-state index contributed by atoms with van der Waals surface area (Å²) in [5.41, 5.74) is 3.55. The first kappa shape index (κ1) is 17.1. The molecule has 0 spiro atoms. The van der Waals surface area contributed by atoms with Crippen molar-refractivity contribution in [3.05, 3.63) is 52.4 Å². The van der Waals surface area contributed by atoms with Crippen LogP contribution in [0.5, 0.6) is 0 Å². The molecule has 1 heterocycles. The average molecular weight is 339 g/mol. The zero-order valence-corrected chi connectivity index (χ0v) is 14.4.